The van der Waals surface area contributed by atoms with Crippen molar-refractivity contribution in [1.29, 1.82) is 0 Å². The minimum Gasteiger partial charge on any atom is -0.341 e. The average Bonchev–Trinajstić information content (AvgIpc) is 2.74. The van der Waals surface area contributed by atoms with E-state index in [1.54, 1.807) is 11.3 Å². The Balaban J connectivity index is 0.00000176. The van der Waals surface area contributed by atoms with E-state index >= 15 is 0 Å². The third-order valence-corrected chi connectivity index (χ3v) is 5.10. The summed E-state index contributed by atoms with van der Waals surface area (Å²) in [5, 5.41) is 6.93. The molecule has 5 heteroatoms. The van der Waals surface area contributed by atoms with Gasteiger partial charge in [0, 0.05) is 30.8 Å². The Labute approximate surface area is 142 Å². The van der Waals surface area contributed by atoms with Gasteiger partial charge in [0.2, 0.25) is 5.91 Å². The van der Waals surface area contributed by atoms with Crippen LogP contribution >= 0.6 is 23.7 Å². The molecule has 2 aromatic rings. The molecule has 1 aliphatic heterocycles. The van der Waals surface area contributed by atoms with Gasteiger partial charge in [0.1, 0.15) is 0 Å². The fourth-order valence-electron chi connectivity index (χ4n) is 2.91. The highest BCUT2D eigenvalue weighted by Crippen LogP contribution is 2.26. The molecule has 1 fully saturated rings. The molecule has 120 valence electrons. The standard InChI is InChI=1S/C17H22N2OS.ClH/c20-17(19-11-4-9-18-10-12-19)8-3-5-14-13-21-16-7-2-1-6-15(14)16;/h1-2,6-7,13,18H,3-5,8-12H2;1H. The first kappa shape index (κ1) is 17.3. The van der Waals surface area contributed by atoms with Crippen molar-refractivity contribution >= 4 is 39.7 Å². The topological polar surface area (TPSA) is 32.3 Å². The molecule has 1 saturated heterocycles. The number of hydrogen-bond donors (Lipinski definition) is 1. The lowest BCUT2D eigenvalue weighted by Crippen LogP contribution is -2.34. The molecule has 1 aromatic heterocycles. The highest BCUT2D eigenvalue weighted by molar-refractivity contribution is 7.17. The number of rotatable bonds is 4. The lowest BCUT2D eigenvalue weighted by Gasteiger charge is -2.19. The van der Waals surface area contributed by atoms with E-state index in [-0.39, 0.29) is 12.4 Å². The van der Waals surface area contributed by atoms with Crippen molar-refractivity contribution in [3.05, 3.63) is 35.2 Å². The molecule has 0 unspecified atom stereocenters. The number of benzene rings is 1. The summed E-state index contributed by atoms with van der Waals surface area (Å²) in [5.74, 6) is 0.318. The number of halogens is 1. The van der Waals surface area contributed by atoms with Gasteiger partial charge in [-0.2, -0.15) is 0 Å². The Bertz CT molecular complexity index is 605. The zero-order valence-electron chi connectivity index (χ0n) is 12.7. The molecule has 1 aliphatic rings. The lowest BCUT2D eigenvalue weighted by molar-refractivity contribution is -0.131. The van der Waals surface area contributed by atoms with E-state index in [0.717, 1.165) is 45.4 Å². The van der Waals surface area contributed by atoms with Gasteiger partial charge in [-0.1, -0.05) is 18.2 Å². The summed E-state index contributed by atoms with van der Waals surface area (Å²) in [7, 11) is 0. The zero-order chi connectivity index (χ0) is 14.5. The van der Waals surface area contributed by atoms with Gasteiger partial charge in [0.05, 0.1) is 0 Å². The normalized spacial score (nSPS) is 15.4. The predicted octanol–water partition coefficient (Wildman–Crippen LogP) is 3.47. The highest BCUT2D eigenvalue weighted by atomic mass is 35.5. The van der Waals surface area contributed by atoms with Crippen LogP contribution in [0.4, 0.5) is 0 Å². The summed E-state index contributed by atoms with van der Waals surface area (Å²) >= 11 is 1.80. The number of thiophene rings is 1. The Morgan fingerprint density at radius 2 is 2.09 bits per heavy atom. The van der Waals surface area contributed by atoms with E-state index in [1.807, 2.05) is 4.90 Å². The first-order chi connectivity index (χ1) is 10.3. The Morgan fingerprint density at radius 3 is 3.00 bits per heavy atom. The van der Waals surface area contributed by atoms with Crippen LogP contribution in [-0.2, 0) is 11.2 Å². The molecule has 1 aromatic carbocycles. The molecule has 2 heterocycles. The third-order valence-electron chi connectivity index (χ3n) is 4.09. The van der Waals surface area contributed by atoms with E-state index in [2.05, 4.69) is 35.0 Å². The van der Waals surface area contributed by atoms with E-state index in [1.165, 1.54) is 15.6 Å². The number of carbonyl (C=O) groups excluding carboxylic acids is 1. The van der Waals surface area contributed by atoms with Crippen LogP contribution in [0.3, 0.4) is 0 Å². The molecule has 0 radical (unpaired) electrons. The number of fused-ring (bicyclic) bond motifs is 1. The molecule has 0 saturated carbocycles. The molecule has 1 amide bonds. The van der Waals surface area contributed by atoms with Gasteiger partial charge in [0.25, 0.3) is 0 Å². The van der Waals surface area contributed by atoms with Crippen molar-refractivity contribution in [2.24, 2.45) is 0 Å². The van der Waals surface area contributed by atoms with E-state index < -0.39 is 0 Å². The first-order valence-electron chi connectivity index (χ1n) is 7.78. The number of carbonyl (C=O) groups is 1. The summed E-state index contributed by atoms with van der Waals surface area (Å²) in [6.45, 7) is 3.74. The lowest BCUT2D eigenvalue weighted by atomic mass is 10.1. The van der Waals surface area contributed by atoms with Crippen molar-refractivity contribution < 1.29 is 4.79 Å². The number of amides is 1. The largest absolute Gasteiger partial charge is 0.341 e. The van der Waals surface area contributed by atoms with Crippen molar-refractivity contribution in [3.63, 3.8) is 0 Å². The van der Waals surface area contributed by atoms with Gasteiger partial charge in [-0.25, -0.2) is 0 Å². The minimum atomic E-state index is 0. The van der Waals surface area contributed by atoms with Gasteiger partial charge in [-0.05, 0) is 48.2 Å². The predicted molar refractivity (Wildman–Crippen MR) is 96.1 cm³/mol. The highest BCUT2D eigenvalue weighted by Gasteiger charge is 2.14. The third kappa shape index (κ3) is 4.22. The van der Waals surface area contributed by atoms with Crippen molar-refractivity contribution in [2.45, 2.75) is 25.7 Å². The van der Waals surface area contributed by atoms with Crippen molar-refractivity contribution in [3.8, 4) is 0 Å². The fraction of sp³-hybridized carbons (Fsp3) is 0.471. The van der Waals surface area contributed by atoms with Gasteiger partial charge in [-0.3, -0.25) is 4.79 Å². The maximum Gasteiger partial charge on any atom is 0.222 e. The smallest absolute Gasteiger partial charge is 0.222 e. The maximum atomic E-state index is 12.2. The van der Waals surface area contributed by atoms with Crippen LogP contribution in [0.15, 0.2) is 29.6 Å². The summed E-state index contributed by atoms with van der Waals surface area (Å²) < 4.78 is 1.34. The van der Waals surface area contributed by atoms with Crippen LogP contribution < -0.4 is 5.32 Å². The Kier molecular flexibility index (Phi) is 6.68. The molecule has 1 N–H and O–H groups in total. The number of nitrogens with zero attached hydrogens (tertiary/aromatic N) is 1. The fourth-order valence-corrected chi connectivity index (χ4v) is 3.91. The van der Waals surface area contributed by atoms with Gasteiger partial charge in [-0.15, -0.1) is 23.7 Å². The van der Waals surface area contributed by atoms with Crippen LogP contribution in [0, 0.1) is 0 Å². The van der Waals surface area contributed by atoms with Gasteiger partial charge >= 0.3 is 0 Å². The summed E-state index contributed by atoms with van der Waals surface area (Å²) in [6, 6.07) is 8.52. The second-order valence-corrected chi connectivity index (χ2v) is 6.51. The van der Waals surface area contributed by atoms with Gasteiger partial charge in [0.15, 0.2) is 0 Å². The first-order valence-corrected chi connectivity index (χ1v) is 8.66. The summed E-state index contributed by atoms with van der Waals surface area (Å²) in [4.78, 5) is 14.3. The average molecular weight is 339 g/mol. The molecular weight excluding hydrogens is 316 g/mol. The molecule has 0 atom stereocenters. The molecule has 3 nitrogen and oxygen atoms in total. The number of nitrogens with one attached hydrogen (secondary N) is 1. The summed E-state index contributed by atoms with van der Waals surface area (Å²) in [6.07, 6.45) is 3.69. The van der Waals surface area contributed by atoms with Crippen molar-refractivity contribution in [1.82, 2.24) is 10.2 Å². The number of aryl methyl sites for hydroxylation is 1. The molecule has 0 bridgehead atoms. The maximum absolute atomic E-state index is 12.2. The molecule has 3 rings (SSSR count). The van der Waals surface area contributed by atoms with Crippen LogP contribution in [0.2, 0.25) is 0 Å². The molecular formula is C17H23ClN2OS. The molecule has 0 aliphatic carbocycles. The van der Waals surface area contributed by atoms with Crippen LogP contribution in [0.25, 0.3) is 10.1 Å². The zero-order valence-corrected chi connectivity index (χ0v) is 14.3. The Morgan fingerprint density at radius 1 is 1.23 bits per heavy atom. The van der Waals surface area contributed by atoms with E-state index in [0.29, 0.717) is 12.3 Å². The van der Waals surface area contributed by atoms with Crippen LogP contribution in [-0.4, -0.2) is 37.0 Å². The summed E-state index contributed by atoms with van der Waals surface area (Å²) in [5.41, 5.74) is 1.39. The second-order valence-electron chi connectivity index (χ2n) is 5.59. The second kappa shape index (κ2) is 8.51. The minimum absolute atomic E-state index is 0. The number of hydrogen-bond acceptors (Lipinski definition) is 3. The molecule has 0 spiro atoms. The monoisotopic (exact) mass is 338 g/mol. The Hall–Kier alpha value is -1.10. The SMILES string of the molecule is Cl.O=C(CCCc1csc2ccccc12)N1CCCNCC1. The van der Waals surface area contributed by atoms with E-state index in [9.17, 15) is 4.79 Å². The quantitative estimate of drug-likeness (QED) is 0.925. The van der Waals surface area contributed by atoms with Gasteiger partial charge < -0.3 is 10.2 Å². The molecule has 22 heavy (non-hydrogen) atoms. The van der Waals surface area contributed by atoms with Crippen molar-refractivity contribution in [2.75, 3.05) is 26.2 Å². The van der Waals surface area contributed by atoms with Crippen LogP contribution in [0.5, 0.6) is 0 Å². The van der Waals surface area contributed by atoms with Crippen LogP contribution in [0.1, 0.15) is 24.8 Å². The van der Waals surface area contributed by atoms with E-state index in [4.69, 9.17) is 0 Å².